The van der Waals surface area contributed by atoms with Gasteiger partial charge in [-0.25, -0.2) is 9.80 Å². The Bertz CT molecular complexity index is 1300. The van der Waals surface area contributed by atoms with Crippen LogP contribution >= 0.6 is 11.6 Å². The number of rotatable bonds is 7. The van der Waals surface area contributed by atoms with Crippen LogP contribution < -0.4 is 5.32 Å². The molecule has 0 bridgehead atoms. The fourth-order valence-corrected chi connectivity index (χ4v) is 4.34. The molecular weight excluding hydrogens is 554 g/mol. The number of esters is 1. The standard InChI is InChI=1S/C25H21ClF6N4O3/c1-2-39-21(37)23(11-3-4-12-33)14-36(22(38)34-17-8-6-16(7-9-17)24(27,28)29)35-20(23)15-5-10-18(19(26)13-15)25(30,31)32/h5-10,13H,2-4,11,14H2,1H3,(H,34,38). The van der Waals surface area contributed by atoms with Crippen LogP contribution in [-0.4, -0.2) is 35.9 Å². The number of alkyl halides is 6. The number of halogens is 7. The third kappa shape index (κ3) is 6.62. The molecule has 2 aromatic carbocycles. The average Bonchev–Trinajstić information content (AvgIpc) is 3.24. The Kier molecular flexibility index (Phi) is 8.80. The molecule has 14 heteroatoms. The van der Waals surface area contributed by atoms with E-state index in [9.17, 15) is 35.9 Å². The Morgan fingerprint density at radius 3 is 2.33 bits per heavy atom. The fourth-order valence-electron chi connectivity index (χ4n) is 4.06. The Labute approximate surface area is 224 Å². The van der Waals surface area contributed by atoms with Crippen molar-refractivity contribution in [3.05, 3.63) is 64.2 Å². The van der Waals surface area contributed by atoms with Crippen molar-refractivity contribution >= 4 is 35.0 Å². The smallest absolute Gasteiger partial charge is 0.417 e. The van der Waals surface area contributed by atoms with Crippen LogP contribution in [0.4, 0.5) is 36.8 Å². The summed E-state index contributed by atoms with van der Waals surface area (Å²) in [7, 11) is 0. The first kappa shape index (κ1) is 29.8. The molecule has 0 fully saturated rings. The van der Waals surface area contributed by atoms with E-state index in [2.05, 4.69) is 10.4 Å². The molecule has 1 atom stereocenters. The molecule has 1 heterocycles. The first-order valence-electron chi connectivity index (χ1n) is 11.5. The highest BCUT2D eigenvalue weighted by molar-refractivity contribution is 6.32. The van der Waals surface area contributed by atoms with Gasteiger partial charge in [0.15, 0.2) is 0 Å². The molecule has 0 saturated carbocycles. The van der Waals surface area contributed by atoms with Gasteiger partial charge in [-0.2, -0.15) is 36.7 Å². The second-order valence-corrected chi connectivity index (χ2v) is 8.93. The van der Waals surface area contributed by atoms with E-state index in [-0.39, 0.29) is 42.8 Å². The van der Waals surface area contributed by atoms with E-state index in [0.29, 0.717) is 0 Å². The summed E-state index contributed by atoms with van der Waals surface area (Å²) in [6, 6.07) is 7.36. The van der Waals surface area contributed by atoms with Crippen LogP contribution in [-0.2, 0) is 21.9 Å². The van der Waals surface area contributed by atoms with Crippen LogP contribution in [0.1, 0.15) is 42.9 Å². The zero-order valence-corrected chi connectivity index (χ0v) is 21.0. The minimum absolute atomic E-state index is 0.000407. The number of hydrazone groups is 1. The maximum atomic E-state index is 13.3. The van der Waals surface area contributed by atoms with Crippen LogP contribution in [0.25, 0.3) is 0 Å². The molecular formula is C25H21ClF6N4O3. The lowest BCUT2D eigenvalue weighted by Gasteiger charge is -2.28. The van der Waals surface area contributed by atoms with Crippen LogP contribution in [0.5, 0.6) is 0 Å². The highest BCUT2D eigenvalue weighted by atomic mass is 35.5. The monoisotopic (exact) mass is 574 g/mol. The molecule has 1 N–H and O–H groups in total. The molecule has 7 nitrogen and oxygen atoms in total. The van der Waals surface area contributed by atoms with E-state index in [1.54, 1.807) is 0 Å². The zero-order valence-electron chi connectivity index (χ0n) is 20.3. The third-order valence-electron chi connectivity index (χ3n) is 5.90. The zero-order chi connectivity index (χ0) is 29.0. The second kappa shape index (κ2) is 11.5. The van der Waals surface area contributed by atoms with Gasteiger partial charge in [-0.05, 0) is 56.2 Å². The molecule has 1 aliphatic rings. The number of amides is 2. The number of hydrogen-bond donors (Lipinski definition) is 1. The van der Waals surface area contributed by atoms with Gasteiger partial charge in [-0.1, -0.05) is 17.7 Å². The minimum Gasteiger partial charge on any atom is -0.465 e. The maximum absolute atomic E-state index is 13.3. The molecule has 1 unspecified atom stereocenters. The molecule has 2 aromatic rings. The van der Waals surface area contributed by atoms with Crippen LogP contribution in [0, 0.1) is 16.7 Å². The molecule has 39 heavy (non-hydrogen) atoms. The van der Waals surface area contributed by atoms with Gasteiger partial charge in [-0.15, -0.1) is 0 Å². The average molecular weight is 575 g/mol. The van der Waals surface area contributed by atoms with E-state index < -0.39 is 52.5 Å². The van der Waals surface area contributed by atoms with Gasteiger partial charge in [0.1, 0.15) is 5.41 Å². The fraction of sp³-hybridized carbons (Fsp3) is 0.360. The van der Waals surface area contributed by atoms with Crippen molar-refractivity contribution in [1.82, 2.24) is 5.01 Å². The summed E-state index contributed by atoms with van der Waals surface area (Å²) in [6.45, 7) is 1.08. The summed E-state index contributed by atoms with van der Waals surface area (Å²) in [6.07, 6.45) is -9.17. The number of urea groups is 1. The largest absolute Gasteiger partial charge is 0.465 e. The SMILES string of the molecule is CCOC(=O)C1(CCCC#N)CN(C(=O)Nc2ccc(C(F)(F)F)cc2)N=C1c1ccc(C(F)(F)F)c(Cl)c1. The molecule has 3 rings (SSSR count). The number of ether oxygens (including phenoxy) is 1. The number of carbonyl (C=O) groups is 2. The number of nitrogens with zero attached hydrogens (tertiary/aromatic N) is 3. The van der Waals surface area contributed by atoms with E-state index in [4.69, 9.17) is 21.6 Å². The molecule has 0 spiro atoms. The van der Waals surface area contributed by atoms with Crippen molar-refractivity contribution in [2.45, 2.75) is 38.5 Å². The van der Waals surface area contributed by atoms with Gasteiger partial charge < -0.3 is 10.1 Å². The van der Waals surface area contributed by atoms with E-state index in [1.807, 2.05) is 6.07 Å². The summed E-state index contributed by atoms with van der Waals surface area (Å²) in [5.41, 5.74) is -3.79. The Morgan fingerprint density at radius 2 is 1.79 bits per heavy atom. The lowest BCUT2D eigenvalue weighted by atomic mass is 9.76. The number of benzene rings is 2. The lowest BCUT2D eigenvalue weighted by Crippen LogP contribution is -2.44. The van der Waals surface area contributed by atoms with Crippen molar-refractivity contribution in [3.8, 4) is 6.07 Å². The van der Waals surface area contributed by atoms with Crippen LogP contribution in [0.15, 0.2) is 47.6 Å². The van der Waals surface area contributed by atoms with Crippen molar-refractivity contribution in [2.75, 3.05) is 18.5 Å². The second-order valence-electron chi connectivity index (χ2n) is 8.52. The minimum atomic E-state index is -4.74. The Hall–Kier alpha value is -3.79. The number of nitrogens with one attached hydrogen (secondary N) is 1. The molecule has 0 aliphatic carbocycles. The normalized spacial score (nSPS) is 17.4. The van der Waals surface area contributed by atoms with Gasteiger partial charge in [0.05, 0.1) is 41.1 Å². The number of anilines is 1. The topological polar surface area (TPSA) is 94.8 Å². The van der Waals surface area contributed by atoms with Crippen molar-refractivity contribution in [2.24, 2.45) is 10.5 Å². The summed E-state index contributed by atoms with van der Waals surface area (Å²) in [5, 5.41) is 15.8. The van der Waals surface area contributed by atoms with Gasteiger partial charge in [0.25, 0.3) is 0 Å². The van der Waals surface area contributed by atoms with Gasteiger partial charge >= 0.3 is 24.4 Å². The third-order valence-corrected chi connectivity index (χ3v) is 6.21. The molecule has 0 saturated heterocycles. The number of unbranched alkanes of at least 4 members (excludes halogenated alkanes) is 1. The summed E-state index contributed by atoms with van der Waals surface area (Å²) < 4.78 is 83.6. The first-order valence-corrected chi connectivity index (χ1v) is 11.9. The molecule has 0 aromatic heterocycles. The predicted molar refractivity (Wildman–Crippen MR) is 129 cm³/mol. The van der Waals surface area contributed by atoms with Crippen LogP contribution in [0.2, 0.25) is 5.02 Å². The van der Waals surface area contributed by atoms with E-state index in [1.165, 1.54) is 6.92 Å². The van der Waals surface area contributed by atoms with E-state index in [0.717, 1.165) is 47.5 Å². The van der Waals surface area contributed by atoms with Crippen molar-refractivity contribution in [1.29, 1.82) is 5.26 Å². The molecule has 1 aliphatic heterocycles. The van der Waals surface area contributed by atoms with Gasteiger partial charge in [-0.3, -0.25) is 4.79 Å². The highest BCUT2D eigenvalue weighted by Crippen LogP contribution is 2.41. The number of nitriles is 1. The quantitative estimate of drug-likeness (QED) is 0.222. The summed E-state index contributed by atoms with van der Waals surface area (Å²) in [5.74, 6) is -0.817. The summed E-state index contributed by atoms with van der Waals surface area (Å²) in [4.78, 5) is 26.3. The molecule has 208 valence electrons. The van der Waals surface area contributed by atoms with E-state index >= 15 is 0 Å². The number of carbonyl (C=O) groups excluding carboxylic acids is 2. The predicted octanol–water partition coefficient (Wildman–Crippen LogP) is 6.87. The maximum Gasteiger partial charge on any atom is 0.417 e. The Balaban J connectivity index is 2.03. The highest BCUT2D eigenvalue weighted by Gasteiger charge is 2.52. The van der Waals surface area contributed by atoms with Crippen molar-refractivity contribution in [3.63, 3.8) is 0 Å². The molecule has 2 amide bonds. The number of hydrogen-bond acceptors (Lipinski definition) is 5. The Morgan fingerprint density at radius 1 is 1.13 bits per heavy atom. The van der Waals surface area contributed by atoms with Gasteiger partial charge in [0.2, 0.25) is 0 Å². The summed E-state index contributed by atoms with van der Waals surface area (Å²) >= 11 is 5.90. The van der Waals surface area contributed by atoms with Crippen LogP contribution in [0.3, 0.4) is 0 Å². The van der Waals surface area contributed by atoms with Crippen molar-refractivity contribution < 1.29 is 40.7 Å². The lowest BCUT2D eigenvalue weighted by molar-refractivity contribution is -0.151. The molecule has 0 radical (unpaired) electrons. The van der Waals surface area contributed by atoms with Gasteiger partial charge in [0, 0.05) is 17.7 Å². The first-order chi connectivity index (χ1) is 18.2.